The highest BCUT2D eigenvalue weighted by atomic mass is 16.2. The van der Waals surface area contributed by atoms with Gasteiger partial charge in [0.15, 0.2) is 5.96 Å². The molecule has 1 heterocycles. The average Bonchev–Trinajstić information content (AvgIpc) is 3.04. The van der Waals surface area contributed by atoms with Crippen molar-refractivity contribution in [3.05, 3.63) is 35.4 Å². The maximum atomic E-state index is 12.0. The Morgan fingerprint density at radius 3 is 2.23 bits per heavy atom. The van der Waals surface area contributed by atoms with Gasteiger partial charge in [0.05, 0.1) is 6.54 Å². The number of hydrogen-bond donors (Lipinski definition) is 4. The van der Waals surface area contributed by atoms with Crippen LogP contribution < -0.4 is 21.7 Å². The average molecular weight is 431 g/mol. The highest BCUT2D eigenvalue weighted by Crippen LogP contribution is 2.17. The van der Waals surface area contributed by atoms with Crippen molar-refractivity contribution in [1.82, 2.24) is 20.9 Å². The normalized spacial score (nSPS) is 16.5. The van der Waals surface area contributed by atoms with Crippen molar-refractivity contribution in [2.75, 3.05) is 33.2 Å². The molecule has 1 fully saturated rings. The van der Waals surface area contributed by atoms with Crippen LogP contribution in [0.3, 0.4) is 0 Å². The number of hydrogen-bond acceptors (Lipinski definition) is 4. The molecule has 0 aliphatic carbocycles. The zero-order valence-corrected chi connectivity index (χ0v) is 19.1. The Morgan fingerprint density at radius 2 is 1.68 bits per heavy atom. The van der Waals surface area contributed by atoms with Gasteiger partial charge in [-0.1, -0.05) is 38.8 Å². The van der Waals surface area contributed by atoms with E-state index in [1.807, 2.05) is 12.1 Å². The molecule has 0 aromatic heterocycles. The number of guanidine groups is 1. The van der Waals surface area contributed by atoms with Crippen molar-refractivity contribution in [1.29, 1.82) is 0 Å². The maximum Gasteiger partial charge on any atom is 0.251 e. The summed E-state index contributed by atoms with van der Waals surface area (Å²) in [6.07, 6.45) is 5.24. The largest absolute Gasteiger partial charge is 0.368 e. The molecule has 2 rings (SSSR count). The molecule has 8 heteroatoms. The zero-order valence-electron chi connectivity index (χ0n) is 19.1. The van der Waals surface area contributed by atoms with Gasteiger partial charge in [0, 0.05) is 31.7 Å². The fourth-order valence-corrected chi connectivity index (χ4v) is 3.86. The molecule has 8 nitrogen and oxygen atoms in total. The lowest BCUT2D eigenvalue weighted by molar-refractivity contribution is -0.117. The lowest BCUT2D eigenvalue weighted by atomic mass is 10.0. The second-order valence-corrected chi connectivity index (χ2v) is 8.41. The molecule has 1 aliphatic rings. The van der Waals surface area contributed by atoms with E-state index >= 15 is 0 Å². The number of primary amides is 1. The van der Waals surface area contributed by atoms with E-state index in [-0.39, 0.29) is 12.5 Å². The highest BCUT2D eigenvalue weighted by molar-refractivity contribution is 5.96. The van der Waals surface area contributed by atoms with Crippen LogP contribution in [-0.2, 0) is 11.3 Å². The van der Waals surface area contributed by atoms with E-state index in [1.165, 1.54) is 38.8 Å². The second-order valence-electron chi connectivity index (χ2n) is 8.41. The quantitative estimate of drug-likeness (QED) is 0.350. The minimum Gasteiger partial charge on any atom is -0.368 e. The van der Waals surface area contributed by atoms with Gasteiger partial charge in [-0.2, -0.15) is 0 Å². The summed E-state index contributed by atoms with van der Waals surface area (Å²) in [5, 5.41) is 9.31. The minimum atomic E-state index is -0.566. The predicted molar refractivity (Wildman–Crippen MR) is 125 cm³/mol. The molecule has 1 aliphatic heterocycles. The Morgan fingerprint density at radius 1 is 1.03 bits per heavy atom. The monoisotopic (exact) mass is 430 g/mol. The van der Waals surface area contributed by atoms with Gasteiger partial charge in [-0.15, -0.1) is 0 Å². The fourth-order valence-electron chi connectivity index (χ4n) is 3.86. The molecular formula is C23H38N6O2. The Bertz CT molecular complexity index is 724. The maximum absolute atomic E-state index is 12.0. The Kier molecular flexibility index (Phi) is 10.3. The molecule has 1 saturated heterocycles. The molecule has 5 N–H and O–H groups in total. The van der Waals surface area contributed by atoms with Crippen LogP contribution in [0.2, 0.25) is 0 Å². The van der Waals surface area contributed by atoms with Crippen molar-refractivity contribution in [2.45, 2.75) is 52.1 Å². The summed E-state index contributed by atoms with van der Waals surface area (Å²) in [4.78, 5) is 29.7. The third-order valence-corrected chi connectivity index (χ3v) is 5.68. The number of nitrogens with zero attached hydrogens (tertiary/aromatic N) is 2. The molecule has 2 amide bonds. The third-order valence-electron chi connectivity index (χ3n) is 5.68. The molecule has 31 heavy (non-hydrogen) atoms. The van der Waals surface area contributed by atoms with Gasteiger partial charge in [0.1, 0.15) is 0 Å². The Hall–Kier alpha value is -2.61. The topological polar surface area (TPSA) is 112 Å². The molecule has 0 saturated carbocycles. The third kappa shape index (κ3) is 8.57. The first-order valence-electron chi connectivity index (χ1n) is 11.2. The summed E-state index contributed by atoms with van der Waals surface area (Å²) in [6.45, 7) is 8.21. The lowest BCUT2D eigenvalue weighted by Gasteiger charge is -2.34. The number of aliphatic imine (C=N–C) groups is 1. The van der Waals surface area contributed by atoms with Crippen molar-refractivity contribution >= 4 is 17.8 Å². The van der Waals surface area contributed by atoms with Crippen molar-refractivity contribution in [3.8, 4) is 0 Å². The summed E-state index contributed by atoms with van der Waals surface area (Å²) < 4.78 is 0. The molecule has 1 unspecified atom stereocenters. The summed E-state index contributed by atoms with van der Waals surface area (Å²) in [5.41, 5.74) is 6.57. The van der Waals surface area contributed by atoms with Crippen molar-refractivity contribution in [3.63, 3.8) is 0 Å². The summed E-state index contributed by atoms with van der Waals surface area (Å²) in [7, 11) is 1.78. The van der Waals surface area contributed by atoms with E-state index in [0.717, 1.165) is 18.1 Å². The van der Waals surface area contributed by atoms with Gasteiger partial charge in [0.25, 0.3) is 5.91 Å². The van der Waals surface area contributed by atoms with Gasteiger partial charge in [-0.25, -0.2) is 0 Å². The van der Waals surface area contributed by atoms with Crippen LogP contribution >= 0.6 is 0 Å². The summed E-state index contributed by atoms with van der Waals surface area (Å²) in [6, 6.07) is 7.71. The van der Waals surface area contributed by atoms with Crippen LogP contribution in [-0.4, -0.2) is 61.9 Å². The second kappa shape index (κ2) is 12.9. The number of nitrogens with two attached hydrogens (primary N) is 1. The molecule has 172 valence electrons. The van der Waals surface area contributed by atoms with Crippen molar-refractivity contribution in [2.24, 2.45) is 16.6 Å². The molecule has 0 spiro atoms. The van der Waals surface area contributed by atoms with E-state index < -0.39 is 5.91 Å². The van der Waals surface area contributed by atoms with Gasteiger partial charge >= 0.3 is 0 Å². The first-order valence-corrected chi connectivity index (χ1v) is 11.2. The van der Waals surface area contributed by atoms with Crippen LogP contribution in [0, 0.1) is 5.92 Å². The molecule has 1 atom stereocenters. The van der Waals surface area contributed by atoms with Crippen LogP contribution in [0.1, 0.15) is 55.5 Å². The smallest absolute Gasteiger partial charge is 0.251 e. The van der Waals surface area contributed by atoms with Gasteiger partial charge in [-0.05, 0) is 49.5 Å². The number of amides is 2. The standard InChI is InChI=1S/C23H38N6O2/c1-17(2)20(29-12-6-4-5-7-13-29)15-28-23(25-3)27-14-18-8-10-19(11-9-18)22(31)26-16-21(24)30/h8-11,17,20H,4-7,12-16H2,1-3H3,(H2,24,30)(H,26,31)(H2,25,27,28). The number of carbonyl (C=O) groups is 2. The van der Waals surface area contributed by atoms with E-state index in [1.54, 1.807) is 19.2 Å². The van der Waals surface area contributed by atoms with E-state index in [2.05, 4.69) is 39.7 Å². The predicted octanol–water partition coefficient (Wildman–Crippen LogP) is 1.47. The van der Waals surface area contributed by atoms with Crippen LogP contribution in [0.25, 0.3) is 0 Å². The van der Waals surface area contributed by atoms with Crippen LogP contribution in [0.4, 0.5) is 0 Å². The van der Waals surface area contributed by atoms with E-state index in [4.69, 9.17) is 5.73 Å². The van der Waals surface area contributed by atoms with E-state index in [9.17, 15) is 9.59 Å². The van der Waals surface area contributed by atoms with Gasteiger partial charge < -0.3 is 21.7 Å². The fraction of sp³-hybridized carbons (Fsp3) is 0.609. The molecular weight excluding hydrogens is 392 g/mol. The van der Waals surface area contributed by atoms with Gasteiger partial charge in [0.2, 0.25) is 5.91 Å². The highest BCUT2D eigenvalue weighted by Gasteiger charge is 2.22. The molecule has 0 bridgehead atoms. The number of benzene rings is 1. The van der Waals surface area contributed by atoms with Crippen molar-refractivity contribution < 1.29 is 9.59 Å². The Labute approximate surface area is 186 Å². The lowest BCUT2D eigenvalue weighted by Crippen LogP contribution is -2.49. The van der Waals surface area contributed by atoms with Gasteiger partial charge in [-0.3, -0.25) is 19.5 Å². The summed E-state index contributed by atoms with van der Waals surface area (Å²) >= 11 is 0. The number of likely N-dealkylation sites (tertiary alicyclic amines) is 1. The summed E-state index contributed by atoms with van der Waals surface area (Å²) in [5.74, 6) is 0.452. The van der Waals surface area contributed by atoms with Crippen LogP contribution in [0.5, 0.6) is 0 Å². The number of rotatable bonds is 9. The molecule has 1 aromatic carbocycles. The number of nitrogens with one attached hydrogen (secondary N) is 3. The molecule has 1 aromatic rings. The van der Waals surface area contributed by atoms with Crippen LogP contribution in [0.15, 0.2) is 29.3 Å². The Balaban J connectivity index is 1.84. The van der Waals surface area contributed by atoms with E-state index in [0.29, 0.717) is 24.1 Å². The first kappa shape index (κ1) is 24.7. The molecule has 0 radical (unpaired) electrons. The zero-order chi connectivity index (χ0) is 22.6. The SMILES string of the molecule is CN=C(NCc1ccc(C(=O)NCC(N)=O)cc1)NCC(C(C)C)N1CCCCCC1. The first-order chi connectivity index (χ1) is 14.9. The number of carbonyl (C=O) groups excluding carboxylic acids is 2. The minimum absolute atomic E-state index is 0.168.